The number of Topliss-reactive ketones (excluding diaryl/α,β-unsaturated/α-hetero) is 1. The summed E-state index contributed by atoms with van der Waals surface area (Å²) in [6.45, 7) is 1.74. The van der Waals surface area contributed by atoms with Gasteiger partial charge in [0.05, 0.1) is 12.0 Å². The van der Waals surface area contributed by atoms with Crippen molar-refractivity contribution < 1.29 is 19.8 Å². The largest absolute Gasteiger partial charge is 0.396 e. The molecule has 0 aliphatic rings. The van der Waals surface area contributed by atoms with Crippen molar-refractivity contribution in [2.24, 2.45) is 5.92 Å². The van der Waals surface area contributed by atoms with Crippen LogP contribution in [-0.2, 0) is 9.59 Å². The molecule has 0 saturated heterocycles. The van der Waals surface area contributed by atoms with Crippen molar-refractivity contribution in [2.75, 3.05) is 6.61 Å². The summed E-state index contributed by atoms with van der Waals surface area (Å²) in [7, 11) is 0. The Morgan fingerprint density at radius 2 is 2.14 bits per heavy atom. The van der Waals surface area contributed by atoms with Crippen LogP contribution in [0.5, 0.6) is 0 Å². The molecule has 0 rings (SSSR count). The van der Waals surface area contributed by atoms with Crippen molar-refractivity contribution in [3.8, 4) is 0 Å². The van der Waals surface area contributed by atoms with Crippen LogP contribution in [0.4, 0.5) is 0 Å². The first-order valence-electron chi connectivity index (χ1n) is 4.94. The van der Waals surface area contributed by atoms with E-state index in [0.29, 0.717) is 12.7 Å². The zero-order valence-corrected chi connectivity index (χ0v) is 8.48. The van der Waals surface area contributed by atoms with E-state index >= 15 is 0 Å². The average molecular weight is 202 g/mol. The highest BCUT2D eigenvalue weighted by Gasteiger charge is 2.24. The molecule has 2 atom stereocenters. The molecule has 0 amide bonds. The third-order valence-corrected chi connectivity index (χ3v) is 2.13. The summed E-state index contributed by atoms with van der Waals surface area (Å²) in [4.78, 5) is 21.9. The number of aliphatic hydroxyl groups is 2. The van der Waals surface area contributed by atoms with Crippen LogP contribution in [0.1, 0.15) is 32.6 Å². The number of ketones is 1. The van der Waals surface area contributed by atoms with Crippen molar-refractivity contribution in [3.63, 3.8) is 0 Å². The molecule has 0 heterocycles. The highest BCUT2D eigenvalue weighted by molar-refractivity contribution is 5.93. The van der Waals surface area contributed by atoms with Crippen LogP contribution in [0.3, 0.4) is 0 Å². The smallest absolute Gasteiger partial charge is 0.145 e. The van der Waals surface area contributed by atoms with E-state index in [-0.39, 0.29) is 18.8 Å². The monoisotopic (exact) mass is 202 g/mol. The Hall–Kier alpha value is -0.740. The van der Waals surface area contributed by atoms with Gasteiger partial charge in [0.25, 0.3) is 0 Å². The summed E-state index contributed by atoms with van der Waals surface area (Å²) >= 11 is 0. The van der Waals surface area contributed by atoms with Gasteiger partial charge in [-0.1, -0.05) is 13.3 Å². The van der Waals surface area contributed by atoms with Gasteiger partial charge in [-0.3, -0.25) is 4.79 Å². The Bertz CT molecular complexity index is 179. The maximum Gasteiger partial charge on any atom is 0.145 e. The molecule has 2 unspecified atom stereocenters. The fourth-order valence-electron chi connectivity index (χ4n) is 1.21. The second kappa shape index (κ2) is 7.64. The number of aldehydes is 1. The summed E-state index contributed by atoms with van der Waals surface area (Å²) < 4.78 is 0. The third-order valence-electron chi connectivity index (χ3n) is 2.13. The lowest BCUT2D eigenvalue weighted by atomic mass is 9.94. The number of unbranched alkanes of at least 4 members (excludes halogenated alkanes) is 1. The van der Waals surface area contributed by atoms with E-state index < -0.39 is 12.0 Å². The molecule has 14 heavy (non-hydrogen) atoms. The van der Waals surface area contributed by atoms with Gasteiger partial charge in [-0.25, -0.2) is 0 Å². The van der Waals surface area contributed by atoms with Gasteiger partial charge in [0.15, 0.2) is 0 Å². The predicted molar refractivity (Wildman–Crippen MR) is 51.8 cm³/mol. The van der Waals surface area contributed by atoms with Crippen LogP contribution in [-0.4, -0.2) is 35.0 Å². The first-order chi connectivity index (χ1) is 6.67. The molecule has 4 heteroatoms. The minimum absolute atomic E-state index is 0.0707. The number of carbonyl (C=O) groups is 2. The van der Waals surface area contributed by atoms with Crippen molar-refractivity contribution in [3.05, 3.63) is 0 Å². The Morgan fingerprint density at radius 1 is 1.50 bits per heavy atom. The fourth-order valence-corrected chi connectivity index (χ4v) is 1.21. The van der Waals surface area contributed by atoms with Gasteiger partial charge >= 0.3 is 0 Å². The molecule has 0 aromatic heterocycles. The molecule has 0 aromatic rings. The third kappa shape index (κ3) is 4.48. The van der Waals surface area contributed by atoms with Crippen LogP contribution in [0.25, 0.3) is 0 Å². The molecule has 0 aliphatic heterocycles. The highest BCUT2D eigenvalue weighted by atomic mass is 16.3. The van der Waals surface area contributed by atoms with Gasteiger partial charge in [0, 0.05) is 13.0 Å². The van der Waals surface area contributed by atoms with Crippen LogP contribution >= 0.6 is 0 Å². The van der Waals surface area contributed by atoms with Gasteiger partial charge in [-0.15, -0.1) is 0 Å². The first-order valence-corrected chi connectivity index (χ1v) is 4.94. The molecule has 0 radical (unpaired) electrons. The van der Waals surface area contributed by atoms with E-state index in [2.05, 4.69) is 0 Å². The molecular weight excluding hydrogens is 184 g/mol. The lowest BCUT2D eigenvalue weighted by Gasteiger charge is -2.15. The minimum atomic E-state index is -1.04. The molecule has 0 aromatic carbocycles. The van der Waals surface area contributed by atoms with E-state index in [1.165, 1.54) is 0 Å². The predicted octanol–water partition coefficient (Wildman–Crippen LogP) is 0.304. The topological polar surface area (TPSA) is 74.6 Å². The van der Waals surface area contributed by atoms with Crippen molar-refractivity contribution in [1.82, 2.24) is 0 Å². The number of carbonyl (C=O) groups excluding carboxylic acids is 2. The van der Waals surface area contributed by atoms with Gasteiger partial charge in [0.1, 0.15) is 12.1 Å². The quantitative estimate of drug-likeness (QED) is 0.438. The number of aliphatic hydroxyl groups excluding tert-OH is 2. The molecular formula is C10H18O4. The molecule has 0 aliphatic carbocycles. The molecule has 0 saturated carbocycles. The van der Waals surface area contributed by atoms with Crippen LogP contribution in [0, 0.1) is 5.92 Å². The van der Waals surface area contributed by atoms with Gasteiger partial charge in [0.2, 0.25) is 0 Å². The van der Waals surface area contributed by atoms with Crippen molar-refractivity contribution in [1.29, 1.82) is 0 Å². The van der Waals surface area contributed by atoms with Gasteiger partial charge in [-0.2, -0.15) is 0 Å². The fraction of sp³-hybridized carbons (Fsp3) is 0.800. The van der Waals surface area contributed by atoms with Gasteiger partial charge in [-0.05, 0) is 12.8 Å². The SMILES string of the molecule is CCCCC(=O)C(C=O)C(O)CCO. The lowest BCUT2D eigenvalue weighted by Crippen LogP contribution is -2.30. The Balaban J connectivity index is 4.10. The molecule has 82 valence electrons. The summed E-state index contributed by atoms with van der Waals surface area (Å²) in [5, 5.41) is 17.9. The van der Waals surface area contributed by atoms with Crippen LogP contribution in [0.2, 0.25) is 0 Å². The van der Waals surface area contributed by atoms with E-state index in [1.54, 1.807) is 0 Å². The van der Waals surface area contributed by atoms with Gasteiger partial charge < -0.3 is 15.0 Å². The number of hydrogen-bond donors (Lipinski definition) is 2. The second-order valence-corrected chi connectivity index (χ2v) is 3.31. The van der Waals surface area contributed by atoms with E-state index in [4.69, 9.17) is 5.11 Å². The lowest BCUT2D eigenvalue weighted by molar-refractivity contribution is -0.132. The van der Waals surface area contributed by atoms with E-state index in [0.717, 1.165) is 12.8 Å². The maximum atomic E-state index is 11.4. The van der Waals surface area contributed by atoms with E-state index in [1.807, 2.05) is 6.92 Å². The van der Waals surface area contributed by atoms with Crippen molar-refractivity contribution >= 4 is 12.1 Å². The second-order valence-electron chi connectivity index (χ2n) is 3.31. The zero-order chi connectivity index (χ0) is 11.0. The normalized spacial score (nSPS) is 14.8. The van der Waals surface area contributed by atoms with Crippen LogP contribution in [0.15, 0.2) is 0 Å². The Morgan fingerprint density at radius 3 is 2.57 bits per heavy atom. The summed E-state index contributed by atoms with van der Waals surface area (Å²) in [5.74, 6) is -1.20. The molecule has 2 N–H and O–H groups in total. The standard InChI is InChI=1S/C10H18O4/c1-2-3-4-9(13)8(7-12)10(14)5-6-11/h7-8,10-11,14H,2-6H2,1H3. The molecule has 0 fully saturated rings. The molecule has 4 nitrogen and oxygen atoms in total. The average Bonchev–Trinajstić information content (AvgIpc) is 2.16. The number of rotatable bonds is 8. The number of hydrogen-bond acceptors (Lipinski definition) is 4. The Labute approximate surface area is 83.9 Å². The van der Waals surface area contributed by atoms with E-state index in [9.17, 15) is 14.7 Å². The highest BCUT2D eigenvalue weighted by Crippen LogP contribution is 2.10. The molecule has 0 spiro atoms. The summed E-state index contributed by atoms with van der Waals surface area (Å²) in [6, 6.07) is 0. The summed E-state index contributed by atoms with van der Waals surface area (Å²) in [5.41, 5.74) is 0. The maximum absolute atomic E-state index is 11.4. The van der Waals surface area contributed by atoms with Crippen LogP contribution < -0.4 is 0 Å². The van der Waals surface area contributed by atoms with Crippen molar-refractivity contribution in [2.45, 2.75) is 38.7 Å². The zero-order valence-electron chi connectivity index (χ0n) is 8.48. The minimum Gasteiger partial charge on any atom is -0.396 e. The first kappa shape index (κ1) is 13.3. The molecule has 0 bridgehead atoms. The Kier molecular flexibility index (Phi) is 7.24. The summed E-state index contributed by atoms with van der Waals surface area (Å²) in [6.07, 6.45) is 1.44.